The van der Waals surface area contributed by atoms with E-state index in [1.807, 2.05) is 6.07 Å². The van der Waals surface area contributed by atoms with Gasteiger partial charge in [-0.05, 0) is 64.0 Å². The smallest absolute Gasteiger partial charge is 0.308 e. The Hall–Kier alpha value is -2.43. The predicted molar refractivity (Wildman–Crippen MR) is 102 cm³/mol. The number of amides is 1. The van der Waals surface area contributed by atoms with Crippen molar-refractivity contribution < 1.29 is 14.3 Å². The summed E-state index contributed by atoms with van der Waals surface area (Å²) in [5, 5.41) is 11.9. The second-order valence-corrected chi connectivity index (χ2v) is 6.68. The van der Waals surface area contributed by atoms with Gasteiger partial charge in [0.2, 0.25) is 0 Å². The summed E-state index contributed by atoms with van der Waals surface area (Å²) in [5.41, 5.74) is 1.15. The summed E-state index contributed by atoms with van der Waals surface area (Å²) in [4.78, 5) is 23.2. The van der Waals surface area contributed by atoms with E-state index in [0.717, 1.165) is 4.47 Å². The first-order chi connectivity index (χ1) is 11.9. The molecular weight excluding hydrogens is 452 g/mol. The second-order valence-electron chi connectivity index (χ2n) is 4.91. The number of nitriles is 1. The molecule has 0 spiro atoms. The van der Waals surface area contributed by atoms with Crippen LogP contribution >= 0.6 is 31.9 Å². The highest BCUT2D eigenvalue weighted by atomic mass is 79.9. The Kier molecular flexibility index (Phi) is 6.51. The zero-order valence-corrected chi connectivity index (χ0v) is 16.2. The first-order valence-electron chi connectivity index (χ1n) is 7.05. The van der Waals surface area contributed by atoms with Gasteiger partial charge in [0.05, 0.1) is 4.47 Å². The SMILES string of the molecule is CC(=O)Oc1ccc(/C=C(/C#N)C(=O)Nc2ccc(Br)cc2)cc1Br. The van der Waals surface area contributed by atoms with Gasteiger partial charge in [-0.25, -0.2) is 0 Å². The molecule has 2 rings (SSSR count). The Labute approximate surface area is 161 Å². The number of halogens is 2. The van der Waals surface area contributed by atoms with Crippen LogP contribution in [0.3, 0.4) is 0 Å². The number of carbonyl (C=O) groups excluding carboxylic acids is 2. The molecule has 0 saturated heterocycles. The number of carbonyl (C=O) groups is 2. The summed E-state index contributed by atoms with van der Waals surface area (Å²) in [7, 11) is 0. The first kappa shape index (κ1) is 18.9. The van der Waals surface area contributed by atoms with E-state index in [0.29, 0.717) is 21.5 Å². The molecule has 0 heterocycles. The minimum absolute atomic E-state index is 0.0462. The predicted octanol–water partition coefficient (Wildman–Crippen LogP) is 4.68. The van der Waals surface area contributed by atoms with Crippen molar-refractivity contribution >= 4 is 55.5 Å². The molecule has 0 aliphatic rings. The number of hydrogen-bond acceptors (Lipinski definition) is 4. The van der Waals surface area contributed by atoms with Crippen LogP contribution in [0.5, 0.6) is 5.75 Å². The molecule has 1 amide bonds. The Morgan fingerprint density at radius 2 is 1.84 bits per heavy atom. The third-order valence-electron chi connectivity index (χ3n) is 2.99. The summed E-state index contributed by atoms with van der Waals surface area (Å²) in [6, 6.07) is 13.8. The molecule has 2 aromatic carbocycles. The van der Waals surface area contributed by atoms with Crippen LogP contribution < -0.4 is 10.1 Å². The maximum Gasteiger partial charge on any atom is 0.308 e. The number of rotatable bonds is 4. The van der Waals surface area contributed by atoms with Crippen molar-refractivity contribution in [2.45, 2.75) is 6.92 Å². The van der Waals surface area contributed by atoms with E-state index in [1.165, 1.54) is 13.0 Å². The largest absolute Gasteiger partial charge is 0.426 e. The number of nitrogens with one attached hydrogen (secondary N) is 1. The summed E-state index contributed by atoms with van der Waals surface area (Å²) in [6.45, 7) is 1.31. The van der Waals surface area contributed by atoms with Crippen molar-refractivity contribution in [3.05, 3.63) is 62.5 Å². The fourth-order valence-corrected chi connectivity index (χ4v) is 2.63. The number of esters is 1. The number of nitrogens with zero attached hydrogens (tertiary/aromatic N) is 1. The van der Waals surface area contributed by atoms with E-state index >= 15 is 0 Å². The van der Waals surface area contributed by atoms with Gasteiger partial charge in [-0.3, -0.25) is 9.59 Å². The monoisotopic (exact) mass is 462 g/mol. The molecule has 126 valence electrons. The van der Waals surface area contributed by atoms with Crippen molar-refractivity contribution in [3.63, 3.8) is 0 Å². The number of ether oxygens (including phenoxy) is 1. The van der Waals surface area contributed by atoms with E-state index in [2.05, 4.69) is 37.2 Å². The van der Waals surface area contributed by atoms with E-state index < -0.39 is 11.9 Å². The lowest BCUT2D eigenvalue weighted by Gasteiger charge is -2.06. The Morgan fingerprint density at radius 3 is 2.40 bits per heavy atom. The van der Waals surface area contributed by atoms with Gasteiger partial charge < -0.3 is 10.1 Å². The third-order valence-corrected chi connectivity index (χ3v) is 4.14. The minimum Gasteiger partial charge on any atom is -0.426 e. The number of benzene rings is 2. The molecular formula is C18H12Br2N2O3. The number of hydrogen-bond donors (Lipinski definition) is 1. The Balaban J connectivity index is 2.20. The van der Waals surface area contributed by atoms with Gasteiger partial charge in [-0.1, -0.05) is 22.0 Å². The summed E-state index contributed by atoms with van der Waals surface area (Å²) in [5.74, 6) is -0.580. The highest BCUT2D eigenvalue weighted by Crippen LogP contribution is 2.27. The molecule has 0 aliphatic carbocycles. The van der Waals surface area contributed by atoms with Gasteiger partial charge in [0.25, 0.3) is 5.91 Å². The van der Waals surface area contributed by atoms with Gasteiger partial charge in [0, 0.05) is 17.1 Å². The van der Waals surface area contributed by atoms with E-state index in [1.54, 1.807) is 42.5 Å². The topological polar surface area (TPSA) is 79.2 Å². The minimum atomic E-state index is -0.509. The average Bonchev–Trinajstić information content (AvgIpc) is 2.56. The molecule has 2 aromatic rings. The fraction of sp³-hybridized carbons (Fsp3) is 0.0556. The molecule has 0 aromatic heterocycles. The molecule has 5 nitrogen and oxygen atoms in total. The lowest BCUT2D eigenvalue weighted by atomic mass is 10.1. The second kappa shape index (κ2) is 8.60. The molecule has 0 aliphatic heterocycles. The summed E-state index contributed by atoms with van der Waals surface area (Å²) in [6.07, 6.45) is 1.45. The van der Waals surface area contributed by atoms with Crippen LogP contribution in [-0.2, 0) is 9.59 Å². The molecule has 0 unspecified atom stereocenters. The molecule has 0 saturated carbocycles. The maximum absolute atomic E-state index is 12.2. The molecule has 0 radical (unpaired) electrons. The van der Waals surface area contributed by atoms with Gasteiger partial charge in [0.1, 0.15) is 17.4 Å². The van der Waals surface area contributed by atoms with Crippen molar-refractivity contribution in [2.75, 3.05) is 5.32 Å². The van der Waals surface area contributed by atoms with Crippen molar-refractivity contribution in [2.24, 2.45) is 0 Å². The zero-order chi connectivity index (χ0) is 18.4. The Morgan fingerprint density at radius 1 is 1.16 bits per heavy atom. The lowest BCUT2D eigenvalue weighted by molar-refractivity contribution is -0.131. The van der Waals surface area contributed by atoms with E-state index in [9.17, 15) is 14.9 Å². The van der Waals surface area contributed by atoms with Gasteiger partial charge in [-0.2, -0.15) is 5.26 Å². The van der Waals surface area contributed by atoms with Crippen LogP contribution in [-0.4, -0.2) is 11.9 Å². The van der Waals surface area contributed by atoms with Crippen LogP contribution in [0.4, 0.5) is 5.69 Å². The molecule has 0 fully saturated rings. The molecule has 0 atom stereocenters. The number of anilines is 1. The van der Waals surface area contributed by atoms with Gasteiger partial charge >= 0.3 is 5.97 Å². The zero-order valence-electron chi connectivity index (χ0n) is 13.0. The molecule has 1 N–H and O–H groups in total. The van der Waals surface area contributed by atoms with Crippen molar-refractivity contribution in [3.8, 4) is 11.8 Å². The summed E-state index contributed by atoms with van der Waals surface area (Å²) >= 11 is 6.60. The fourth-order valence-electron chi connectivity index (χ4n) is 1.89. The first-order valence-corrected chi connectivity index (χ1v) is 8.64. The van der Waals surface area contributed by atoms with E-state index in [-0.39, 0.29) is 5.57 Å². The highest BCUT2D eigenvalue weighted by Gasteiger charge is 2.11. The summed E-state index contributed by atoms with van der Waals surface area (Å²) < 4.78 is 6.44. The van der Waals surface area contributed by atoms with E-state index in [4.69, 9.17) is 4.74 Å². The maximum atomic E-state index is 12.2. The standard InChI is InChI=1S/C18H12Br2N2O3/c1-11(23)25-17-7-2-12(9-16(17)20)8-13(10-21)18(24)22-15-5-3-14(19)4-6-15/h2-9H,1H3,(H,22,24)/b13-8-. The molecule has 25 heavy (non-hydrogen) atoms. The quantitative estimate of drug-likeness (QED) is 0.309. The van der Waals surface area contributed by atoms with Crippen LogP contribution in [0.2, 0.25) is 0 Å². The van der Waals surface area contributed by atoms with Crippen LogP contribution in [0.1, 0.15) is 12.5 Å². The third kappa shape index (κ3) is 5.55. The molecule has 7 heteroatoms. The van der Waals surface area contributed by atoms with Crippen LogP contribution in [0.15, 0.2) is 57.0 Å². The van der Waals surface area contributed by atoms with Gasteiger partial charge in [-0.15, -0.1) is 0 Å². The average molecular weight is 464 g/mol. The Bertz CT molecular complexity index is 884. The van der Waals surface area contributed by atoms with Crippen molar-refractivity contribution in [1.82, 2.24) is 0 Å². The van der Waals surface area contributed by atoms with Crippen LogP contribution in [0.25, 0.3) is 6.08 Å². The highest BCUT2D eigenvalue weighted by molar-refractivity contribution is 9.10. The van der Waals surface area contributed by atoms with Crippen LogP contribution in [0, 0.1) is 11.3 Å². The van der Waals surface area contributed by atoms with Gasteiger partial charge in [0.15, 0.2) is 0 Å². The molecule has 0 bridgehead atoms. The van der Waals surface area contributed by atoms with Crippen molar-refractivity contribution in [1.29, 1.82) is 5.26 Å². The lowest BCUT2D eigenvalue weighted by Crippen LogP contribution is -2.13. The normalized spacial score (nSPS) is 10.7.